The molecule has 0 radical (unpaired) electrons. The zero-order chi connectivity index (χ0) is 8.85. The number of hydrogen-bond acceptors (Lipinski definition) is 2. The molecule has 1 atom stereocenters. The molecule has 0 heterocycles. The van der Waals surface area contributed by atoms with Crippen LogP contribution in [0.3, 0.4) is 0 Å². The third-order valence-electron chi connectivity index (χ3n) is 1.44. The molecule has 0 rings (SSSR count). The van der Waals surface area contributed by atoms with E-state index in [0.717, 1.165) is 0 Å². The Kier molecular flexibility index (Phi) is 4.61. The minimum atomic E-state index is -0.345. The Labute approximate surface area is 67.2 Å². The van der Waals surface area contributed by atoms with Gasteiger partial charge < -0.3 is 15.3 Å². The van der Waals surface area contributed by atoms with E-state index in [1.807, 2.05) is 0 Å². The average Bonchev–Trinajstić information content (AvgIpc) is 1.98. The molecule has 0 saturated carbocycles. The van der Waals surface area contributed by atoms with Crippen molar-refractivity contribution in [3.63, 3.8) is 0 Å². The quantitative estimate of drug-likeness (QED) is 0.612. The normalized spacial score (nSPS) is 12.4. The molecular formula is C7H16N2O2. The van der Waals surface area contributed by atoms with Gasteiger partial charge >= 0.3 is 6.03 Å². The van der Waals surface area contributed by atoms with Crippen LogP contribution in [0.5, 0.6) is 0 Å². The molecule has 0 fully saturated rings. The van der Waals surface area contributed by atoms with E-state index in [1.54, 1.807) is 21.0 Å². The Hall–Kier alpha value is -0.770. The summed E-state index contributed by atoms with van der Waals surface area (Å²) in [5, 5.41) is 11.4. The lowest BCUT2D eigenvalue weighted by Gasteiger charge is -2.16. The number of nitrogens with zero attached hydrogens (tertiary/aromatic N) is 1. The Bertz CT molecular complexity index is 126. The van der Waals surface area contributed by atoms with Crippen molar-refractivity contribution in [2.75, 3.05) is 20.6 Å². The minimum Gasteiger partial charge on any atom is -0.393 e. The van der Waals surface area contributed by atoms with E-state index in [-0.39, 0.29) is 12.1 Å². The highest BCUT2D eigenvalue weighted by Crippen LogP contribution is 1.92. The van der Waals surface area contributed by atoms with Crippen molar-refractivity contribution < 1.29 is 9.90 Å². The van der Waals surface area contributed by atoms with Crippen molar-refractivity contribution in [1.29, 1.82) is 0 Å². The number of nitrogens with one attached hydrogen (secondary N) is 1. The molecular weight excluding hydrogens is 144 g/mol. The maximum absolute atomic E-state index is 10.9. The van der Waals surface area contributed by atoms with Gasteiger partial charge in [0, 0.05) is 20.6 Å². The van der Waals surface area contributed by atoms with Crippen LogP contribution in [0.2, 0.25) is 0 Å². The SMILES string of the molecule is CNC(=O)N(C)CCC(C)O. The summed E-state index contributed by atoms with van der Waals surface area (Å²) < 4.78 is 0. The zero-order valence-electron chi connectivity index (χ0n) is 7.29. The minimum absolute atomic E-state index is 0.120. The molecule has 0 bridgehead atoms. The second-order valence-electron chi connectivity index (χ2n) is 2.61. The van der Waals surface area contributed by atoms with Gasteiger partial charge in [0.15, 0.2) is 0 Å². The summed E-state index contributed by atoms with van der Waals surface area (Å²) in [4.78, 5) is 12.4. The van der Waals surface area contributed by atoms with E-state index >= 15 is 0 Å². The molecule has 11 heavy (non-hydrogen) atoms. The monoisotopic (exact) mass is 160 g/mol. The number of carbonyl (C=O) groups is 1. The number of rotatable bonds is 3. The number of aliphatic hydroxyl groups is 1. The third kappa shape index (κ3) is 4.61. The van der Waals surface area contributed by atoms with Crippen LogP contribution in [-0.2, 0) is 0 Å². The lowest BCUT2D eigenvalue weighted by molar-refractivity contribution is 0.164. The van der Waals surface area contributed by atoms with Crippen LogP contribution in [0.25, 0.3) is 0 Å². The lowest BCUT2D eigenvalue weighted by atomic mass is 10.3. The highest BCUT2D eigenvalue weighted by atomic mass is 16.3. The molecule has 0 aliphatic carbocycles. The molecule has 0 aromatic heterocycles. The van der Waals surface area contributed by atoms with E-state index in [0.29, 0.717) is 13.0 Å². The fraction of sp³-hybridized carbons (Fsp3) is 0.857. The van der Waals surface area contributed by atoms with E-state index < -0.39 is 0 Å². The van der Waals surface area contributed by atoms with Gasteiger partial charge in [-0.1, -0.05) is 0 Å². The Morgan fingerprint density at radius 1 is 1.73 bits per heavy atom. The fourth-order valence-corrected chi connectivity index (χ4v) is 0.673. The molecule has 0 aromatic carbocycles. The summed E-state index contributed by atoms with van der Waals surface area (Å²) >= 11 is 0. The predicted molar refractivity (Wildman–Crippen MR) is 43.4 cm³/mol. The van der Waals surface area contributed by atoms with Gasteiger partial charge in [-0.2, -0.15) is 0 Å². The van der Waals surface area contributed by atoms with Crippen LogP contribution >= 0.6 is 0 Å². The van der Waals surface area contributed by atoms with Gasteiger partial charge in [-0.05, 0) is 13.3 Å². The third-order valence-corrected chi connectivity index (χ3v) is 1.44. The van der Waals surface area contributed by atoms with Crippen LogP contribution in [0, 0.1) is 0 Å². The molecule has 4 nitrogen and oxygen atoms in total. The first-order chi connectivity index (χ1) is 5.07. The topological polar surface area (TPSA) is 52.6 Å². The zero-order valence-corrected chi connectivity index (χ0v) is 7.29. The first kappa shape index (κ1) is 10.2. The standard InChI is InChI=1S/C7H16N2O2/c1-6(10)4-5-9(3)7(11)8-2/h6,10H,4-5H2,1-3H3,(H,8,11). The van der Waals surface area contributed by atoms with E-state index in [2.05, 4.69) is 5.32 Å². The highest BCUT2D eigenvalue weighted by molar-refractivity contribution is 5.73. The van der Waals surface area contributed by atoms with Gasteiger partial charge in [0.2, 0.25) is 0 Å². The number of urea groups is 1. The first-order valence-electron chi connectivity index (χ1n) is 3.68. The number of aliphatic hydroxyl groups excluding tert-OH is 1. The van der Waals surface area contributed by atoms with Crippen molar-refractivity contribution >= 4 is 6.03 Å². The van der Waals surface area contributed by atoms with E-state index in [1.165, 1.54) is 4.90 Å². The average molecular weight is 160 g/mol. The molecule has 0 aliphatic rings. The predicted octanol–water partition coefficient (Wildman–Crippen LogP) is 0.0285. The molecule has 4 heteroatoms. The molecule has 0 saturated heterocycles. The Morgan fingerprint density at radius 3 is 2.64 bits per heavy atom. The van der Waals surface area contributed by atoms with Crippen molar-refractivity contribution in [2.45, 2.75) is 19.4 Å². The summed E-state index contributed by atoms with van der Waals surface area (Å²) in [5.74, 6) is 0. The number of hydrogen-bond donors (Lipinski definition) is 2. The maximum Gasteiger partial charge on any atom is 0.316 e. The highest BCUT2D eigenvalue weighted by Gasteiger charge is 2.05. The molecule has 2 amide bonds. The number of carbonyl (C=O) groups excluding carboxylic acids is 1. The second-order valence-corrected chi connectivity index (χ2v) is 2.61. The first-order valence-corrected chi connectivity index (χ1v) is 3.68. The molecule has 0 aromatic rings. The summed E-state index contributed by atoms with van der Waals surface area (Å²) in [6.07, 6.45) is 0.270. The maximum atomic E-state index is 10.9. The molecule has 2 N–H and O–H groups in total. The molecule has 1 unspecified atom stereocenters. The van der Waals surface area contributed by atoms with Gasteiger partial charge in [-0.15, -0.1) is 0 Å². The van der Waals surface area contributed by atoms with Crippen LogP contribution in [0.4, 0.5) is 4.79 Å². The molecule has 0 spiro atoms. The van der Waals surface area contributed by atoms with Crippen molar-refractivity contribution in [3.8, 4) is 0 Å². The molecule has 66 valence electrons. The summed E-state index contributed by atoms with van der Waals surface area (Å²) in [6, 6.07) is -0.120. The second kappa shape index (κ2) is 4.96. The summed E-state index contributed by atoms with van der Waals surface area (Å²) in [5.41, 5.74) is 0. The molecule has 0 aliphatic heterocycles. The van der Waals surface area contributed by atoms with Crippen molar-refractivity contribution in [3.05, 3.63) is 0 Å². The van der Waals surface area contributed by atoms with Crippen LogP contribution in [0.1, 0.15) is 13.3 Å². The van der Waals surface area contributed by atoms with Crippen molar-refractivity contribution in [1.82, 2.24) is 10.2 Å². The van der Waals surface area contributed by atoms with E-state index in [9.17, 15) is 4.79 Å². The van der Waals surface area contributed by atoms with Crippen LogP contribution in [-0.4, -0.2) is 42.8 Å². The van der Waals surface area contributed by atoms with Crippen LogP contribution in [0.15, 0.2) is 0 Å². The lowest BCUT2D eigenvalue weighted by Crippen LogP contribution is -2.36. The van der Waals surface area contributed by atoms with Gasteiger partial charge in [0.1, 0.15) is 0 Å². The van der Waals surface area contributed by atoms with Gasteiger partial charge in [0.05, 0.1) is 6.10 Å². The summed E-state index contributed by atoms with van der Waals surface area (Å²) in [7, 11) is 3.28. The number of amides is 2. The van der Waals surface area contributed by atoms with Crippen LogP contribution < -0.4 is 5.32 Å². The van der Waals surface area contributed by atoms with Gasteiger partial charge in [0.25, 0.3) is 0 Å². The van der Waals surface area contributed by atoms with Gasteiger partial charge in [-0.25, -0.2) is 4.79 Å². The largest absolute Gasteiger partial charge is 0.393 e. The fourth-order valence-electron chi connectivity index (χ4n) is 0.673. The van der Waals surface area contributed by atoms with E-state index in [4.69, 9.17) is 5.11 Å². The van der Waals surface area contributed by atoms with Crippen molar-refractivity contribution in [2.24, 2.45) is 0 Å². The summed E-state index contributed by atoms with van der Waals surface area (Å²) in [6.45, 7) is 2.29. The Balaban J connectivity index is 3.52. The Morgan fingerprint density at radius 2 is 2.27 bits per heavy atom. The van der Waals surface area contributed by atoms with Gasteiger partial charge in [-0.3, -0.25) is 0 Å². The smallest absolute Gasteiger partial charge is 0.316 e.